The molecule has 0 aliphatic rings. The number of carbonyl (C=O) groups is 1. The third-order valence-corrected chi connectivity index (χ3v) is 4.23. The summed E-state index contributed by atoms with van der Waals surface area (Å²) in [6.07, 6.45) is 1.22. The molecular formula is C12H12N2O6S. The minimum atomic E-state index is -4.68. The van der Waals surface area contributed by atoms with Crippen LogP contribution in [-0.4, -0.2) is 34.9 Å². The van der Waals surface area contributed by atoms with Gasteiger partial charge in [0.05, 0.1) is 5.52 Å². The maximum Gasteiger partial charge on any atom is 0.278 e. The quantitative estimate of drug-likeness (QED) is 0.519. The first kappa shape index (κ1) is 15.1. The van der Waals surface area contributed by atoms with E-state index in [9.17, 15) is 27.9 Å². The van der Waals surface area contributed by atoms with E-state index < -0.39 is 26.8 Å². The van der Waals surface area contributed by atoms with E-state index in [2.05, 4.69) is 0 Å². The number of benzene rings is 1. The monoisotopic (exact) mass is 312 g/mol. The van der Waals surface area contributed by atoms with Crippen molar-refractivity contribution in [3.8, 4) is 0 Å². The van der Waals surface area contributed by atoms with Gasteiger partial charge in [-0.3, -0.25) is 24.0 Å². The number of para-hydroxylation sites is 1. The van der Waals surface area contributed by atoms with Gasteiger partial charge in [-0.05, 0) is 6.07 Å². The molecule has 1 aromatic heterocycles. The van der Waals surface area contributed by atoms with Crippen LogP contribution in [0.25, 0.3) is 10.9 Å². The van der Waals surface area contributed by atoms with Crippen LogP contribution < -0.4 is 0 Å². The third-order valence-electron chi connectivity index (χ3n) is 3.10. The Bertz CT molecular complexity index is 823. The van der Waals surface area contributed by atoms with Gasteiger partial charge in [-0.2, -0.15) is 8.42 Å². The number of aromatic nitrogens is 1. The second kappa shape index (κ2) is 5.26. The van der Waals surface area contributed by atoms with Crippen molar-refractivity contribution in [2.24, 2.45) is 0 Å². The Labute approximate surface area is 119 Å². The Hall–Kier alpha value is -2.26. The van der Waals surface area contributed by atoms with Crippen LogP contribution in [0.15, 0.2) is 30.5 Å². The molecule has 0 saturated carbocycles. The van der Waals surface area contributed by atoms with Crippen molar-refractivity contribution in [1.82, 2.24) is 4.57 Å². The summed E-state index contributed by atoms with van der Waals surface area (Å²) in [5.74, 6) is -0.368. The SMILES string of the molecule is CC(=O)n1cc(C(C[N+](=O)[O-])S(=O)(=O)O)c2ccccc21. The summed E-state index contributed by atoms with van der Waals surface area (Å²) < 4.78 is 33.4. The molecule has 0 fully saturated rings. The number of rotatable bonds is 4. The molecule has 0 amide bonds. The molecule has 1 aromatic carbocycles. The van der Waals surface area contributed by atoms with Crippen molar-refractivity contribution in [2.45, 2.75) is 12.2 Å². The van der Waals surface area contributed by atoms with Crippen LogP contribution in [0.5, 0.6) is 0 Å². The molecule has 2 rings (SSSR count). The molecule has 2 aromatic rings. The van der Waals surface area contributed by atoms with Crippen molar-refractivity contribution < 1.29 is 22.7 Å². The molecule has 21 heavy (non-hydrogen) atoms. The first-order chi connectivity index (χ1) is 9.71. The summed E-state index contributed by atoms with van der Waals surface area (Å²) in [6, 6.07) is 6.40. The van der Waals surface area contributed by atoms with Gasteiger partial charge in [0.25, 0.3) is 10.1 Å². The van der Waals surface area contributed by atoms with Gasteiger partial charge in [-0.1, -0.05) is 18.2 Å². The lowest BCUT2D eigenvalue weighted by Crippen LogP contribution is -2.21. The minimum Gasteiger partial charge on any atom is -0.287 e. The van der Waals surface area contributed by atoms with Gasteiger partial charge in [0.15, 0.2) is 5.25 Å². The molecule has 1 N–H and O–H groups in total. The van der Waals surface area contributed by atoms with Gasteiger partial charge in [0, 0.05) is 29.0 Å². The summed E-state index contributed by atoms with van der Waals surface area (Å²) in [7, 11) is -4.68. The molecule has 112 valence electrons. The van der Waals surface area contributed by atoms with Crippen molar-refractivity contribution in [3.63, 3.8) is 0 Å². The maximum atomic E-state index is 11.6. The molecule has 0 saturated heterocycles. The van der Waals surface area contributed by atoms with Crippen LogP contribution in [0, 0.1) is 10.1 Å². The van der Waals surface area contributed by atoms with Gasteiger partial charge in [0.1, 0.15) is 0 Å². The van der Waals surface area contributed by atoms with Gasteiger partial charge in [-0.25, -0.2) is 0 Å². The molecule has 1 atom stereocenters. The zero-order valence-corrected chi connectivity index (χ0v) is 11.8. The van der Waals surface area contributed by atoms with Crippen LogP contribution in [0.4, 0.5) is 0 Å². The van der Waals surface area contributed by atoms with Gasteiger partial charge in [0.2, 0.25) is 12.5 Å². The molecule has 0 bridgehead atoms. The van der Waals surface area contributed by atoms with Crippen LogP contribution in [-0.2, 0) is 10.1 Å². The Balaban J connectivity index is 2.74. The lowest BCUT2D eigenvalue weighted by atomic mass is 10.1. The first-order valence-corrected chi connectivity index (χ1v) is 7.41. The summed E-state index contributed by atoms with van der Waals surface area (Å²) in [6.45, 7) is 0.302. The molecular weight excluding hydrogens is 300 g/mol. The predicted octanol–water partition coefficient (Wildman–Crippen LogP) is 1.51. The summed E-state index contributed by atoms with van der Waals surface area (Å²) in [4.78, 5) is 21.4. The second-order valence-electron chi connectivity index (χ2n) is 4.51. The third kappa shape index (κ3) is 2.93. The average molecular weight is 312 g/mol. The van der Waals surface area contributed by atoms with E-state index in [0.29, 0.717) is 10.9 Å². The molecule has 8 nitrogen and oxygen atoms in total. The number of hydrogen-bond acceptors (Lipinski definition) is 5. The molecule has 9 heteroatoms. The average Bonchev–Trinajstić information content (AvgIpc) is 2.74. The van der Waals surface area contributed by atoms with E-state index in [4.69, 9.17) is 0 Å². The smallest absolute Gasteiger partial charge is 0.278 e. The zero-order valence-electron chi connectivity index (χ0n) is 11.0. The maximum absolute atomic E-state index is 11.6. The van der Waals surface area contributed by atoms with E-state index in [1.54, 1.807) is 24.3 Å². The molecule has 1 heterocycles. The van der Waals surface area contributed by atoms with E-state index in [1.165, 1.54) is 17.7 Å². The van der Waals surface area contributed by atoms with Gasteiger partial charge >= 0.3 is 0 Å². The summed E-state index contributed by atoms with van der Waals surface area (Å²) in [5.41, 5.74) is 0.456. The van der Waals surface area contributed by atoms with E-state index >= 15 is 0 Å². The Morgan fingerprint density at radius 3 is 2.57 bits per heavy atom. The molecule has 0 aliphatic carbocycles. The highest BCUT2D eigenvalue weighted by Gasteiger charge is 2.33. The van der Waals surface area contributed by atoms with E-state index in [1.807, 2.05) is 0 Å². The van der Waals surface area contributed by atoms with E-state index in [-0.39, 0.29) is 11.5 Å². The van der Waals surface area contributed by atoms with Gasteiger partial charge in [-0.15, -0.1) is 0 Å². The Morgan fingerprint density at radius 2 is 2.05 bits per heavy atom. The topological polar surface area (TPSA) is 120 Å². The summed E-state index contributed by atoms with van der Waals surface area (Å²) >= 11 is 0. The standard InChI is InChI=1S/C12H12N2O6S/c1-8(15)13-6-10(9-4-2-3-5-11(9)13)12(7-14(16)17)21(18,19)20/h2-6,12H,7H2,1H3,(H,18,19,20). The van der Waals surface area contributed by atoms with Crippen LogP contribution in [0.1, 0.15) is 22.5 Å². The summed E-state index contributed by atoms with van der Waals surface area (Å²) in [5, 5.41) is 9.31. The lowest BCUT2D eigenvalue weighted by molar-refractivity contribution is -0.480. The highest BCUT2D eigenvalue weighted by molar-refractivity contribution is 7.86. The zero-order chi connectivity index (χ0) is 15.8. The number of carbonyl (C=O) groups excluding carboxylic acids is 1. The fourth-order valence-electron chi connectivity index (χ4n) is 2.21. The Kier molecular flexibility index (Phi) is 3.79. The normalized spacial score (nSPS) is 13.2. The van der Waals surface area contributed by atoms with E-state index in [0.717, 1.165) is 0 Å². The molecule has 0 aliphatic heterocycles. The fraction of sp³-hybridized carbons (Fsp3) is 0.250. The minimum absolute atomic E-state index is 0.0278. The largest absolute Gasteiger partial charge is 0.287 e. The first-order valence-electron chi connectivity index (χ1n) is 5.91. The highest BCUT2D eigenvalue weighted by atomic mass is 32.2. The molecule has 0 spiro atoms. The number of hydrogen-bond donors (Lipinski definition) is 1. The van der Waals surface area contributed by atoms with Crippen molar-refractivity contribution in [3.05, 3.63) is 46.1 Å². The van der Waals surface area contributed by atoms with Crippen molar-refractivity contribution in [2.75, 3.05) is 6.54 Å². The van der Waals surface area contributed by atoms with Crippen LogP contribution >= 0.6 is 0 Å². The lowest BCUT2D eigenvalue weighted by Gasteiger charge is -2.08. The van der Waals surface area contributed by atoms with Crippen LogP contribution in [0.3, 0.4) is 0 Å². The fourth-order valence-corrected chi connectivity index (χ4v) is 3.03. The highest BCUT2D eigenvalue weighted by Crippen LogP contribution is 2.31. The number of fused-ring (bicyclic) bond motifs is 1. The number of nitrogens with zero attached hydrogens (tertiary/aromatic N) is 2. The number of nitro groups is 1. The van der Waals surface area contributed by atoms with Crippen molar-refractivity contribution >= 4 is 26.9 Å². The van der Waals surface area contributed by atoms with Gasteiger partial charge < -0.3 is 0 Å². The van der Waals surface area contributed by atoms with Crippen LogP contribution in [0.2, 0.25) is 0 Å². The second-order valence-corrected chi connectivity index (χ2v) is 6.11. The Morgan fingerprint density at radius 1 is 1.43 bits per heavy atom. The predicted molar refractivity (Wildman–Crippen MR) is 74.4 cm³/mol. The van der Waals surface area contributed by atoms with Crippen molar-refractivity contribution in [1.29, 1.82) is 0 Å². The molecule has 0 radical (unpaired) electrons. The molecule has 1 unspecified atom stereocenters.